The van der Waals surface area contributed by atoms with Crippen LogP contribution in [0, 0.1) is 17.8 Å². The van der Waals surface area contributed by atoms with Crippen LogP contribution in [0.2, 0.25) is 0 Å². The average Bonchev–Trinajstić information content (AvgIpc) is 3.07. The highest BCUT2D eigenvalue weighted by Crippen LogP contribution is 2.38. The molecule has 18 heavy (non-hydrogen) atoms. The second-order valence-corrected chi connectivity index (χ2v) is 6.30. The Kier molecular flexibility index (Phi) is 3.69. The van der Waals surface area contributed by atoms with Crippen molar-refractivity contribution in [2.75, 3.05) is 13.2 Å². The van der Waals surface area contributed by atoms with E-state index >= 15 is 0 Å². The predicted octanol–water partition coefficient (Wildman–Crippen LogP) is 2.47. The van der Waals surface area contributed by atoms with E-state index in [1.807, 2.05) is 11.3 Å². The highest BCUT2D eigenvalue weighted by molar-refractivity contribution is 7.10. The molecule has 1 N–H and O–H groups in total. The van der Waals surface area contributed by atoms with Gasteiger partial charge in [0.15, 0.2) is 0 Å². The van der Waals surface area contributed by atoms with Crippen LogP contribution >= 0.6 is 11.3 Å². The molecular formula is C15H19NOS. The summed E-state index contributed by atoms with van der Waals surface area (Å²) in [6.07, 6.45) is 4.82. The SMILES string of the molecule is OCCC#Cc1ccsc1CN1CC2CCC1C2. The molecule has 0 aromatic carbocycles. The maximum atomic E-state index is 8.76. The monoisotopic (exact) mass is 261 g/mol. The first-order valence-corrected chi connectivity index (χ1v) is 7.65. The highest BCUT2D eigenvalue weighted by Gasteiger charge is 2.37. The van der Waals surface area contributed by atoms with Gasteiger partial charge in [-0.3, -0.25) is 4.90 Å². The summed E-state index contributed by atoms with van der Waals surface area (Å²) < 4.78 is 0. The summed E-state index contributed by atoms with van der Waals surface area (Å²) >= 11 is 1.82. The van der Waals surface area contributed by atoms with Crippen LogP contribution in [-0.2, 0) is 6.54 Å². The van der Waals surface area contributed by atoms with Crippen molar-refractivity contribution in [3.05, 3.63) is 21.9 Å². The maximum Gasteiger partial charge on any atom is 0.0540 e. The molecule has 2 nitrogen and oxygen atoms in total. The van der Waals surface area contributed by atoms with Gasteiger partial charge in [-0.05, 0) is 36.6 Å². The number of likely N-dealkylation sites (tertiary alicyclic amines) is 1. The smallest absolute Gasteiger partial charge is 0.0540 e. The van der Waals surface area contributed by atoms with Crippen molar-refractivity contribution in [2.24, 2.45) is 5.92 Å². The number of aliphatic hydroxyl groups is 1. The fourth-order valence-electron chi connectivity index (χ4n) is 3.19. The lowest BCUT2D eigenvalue weighted by atomic mass is 10.1. The number of nitrogens with zero attached hydrogens (tertiary/aromatic N) is 1. The molecule has 2 atom stereocenters. The molecule has 1 aliphatic carbocycles. The normalized spacial score (nSPS) is 26.3. The molecular weight excluding hydrogens is 242 g/mol. The van der Waals surface area contributed by atoms with Crippen molar-refractivity contribution in [3.63, 3.8) is 0 Å². The Morgan fingerprint density at radius 2 is 2.39 bits per heavy atom. The summed E-state index contributed by atoms with van der Waals surface area (Å²) in [6, 6.07) is 2.94. The van der Waals surface area contributed by atoms with Crippen LogP contribution in [0.4, 0.5) is 0 Å². The molecule has 2 heterocycles. The van der Waals surface area contributed by atoms with E-state index in [0.717, 1.165) is 24.1 Å². The summed E-state index contributed by atoms with van der Waals surface area (Å²) in [4.78, 5) is 4.03. The van der Waals surface area contributed by atoms with Crippen molar-refractivity contribution in [1.29, 1.82) is 0 Å². The van der Waals surface area contributed by atoms with Gasteiger partial charge in [0.05, 0.1) is 6.61 Å². The van der Waals surface area contributed by atoms with E-state index in [4.69, 9.17) is 5.11 Å². The maximum absolute atomic E-state index is 8.76. The molecule has 0 amide bonds. The van der Waals surface area contributed by atoms with E-state index in [-0.39, 0.29) is 6.61 Å². The zero-order chi connectivity index (χ0) is 12.4. The molecule has 2 fully saturated rings. The summed E-state index contributed by atoms with van der Waals surface area (Å²) in [5.74, 6) is 7.17. The van der Waals surface area contributed by atoms with Gasteiger partial charge in [0.1, 0.15) is 0 Å². The molecule has 1 aromatic heterocycles. The molecule has 1 saturated heterocycles. The second kappa shape index (κ2) is 5.44. The van der Waals surface area contributed by atoms with Crippen LogP contribution in [0.25, 0.3) is 0 Å². The third kappa shape index (κ3) is 2.47. The summed E-state index contributed by atoms with van der Waals surface area (Å²) in [7, 11) is 0. The minimum atomic E-state index is 0.155. The number of fused-ring (bicyclic) bond motifs is 2. The first-order chi connectivity index (χ1) is 8.86. The molecule has 2 aliphatic rings. The Balaban J connectivity index is 1.66. The van der Waals surface area contributed by atoms with Crippen LogP contribution in [0.15, 0.2) is 11.4 Å². The Morgan fingerprint density at radius 1 is 1.44 bits per heavy atom. The van der Waals surface area contributed by atoms with Crippen molar-refractivity contribution < 1.29 is 5.11 Å². The molecule has 3 heteroatoms. The van der Waals surface area contributed by atoms with Crippen molar-refractivity contribution >= 4 is 11.3 Å². The topological polar surface area (TPSA) is 23.5 Å². The van der Waals surface area contributed by atoms with E-state index in [1.54, 1.807) is 0 Å². The summed E-state index contributed by atoms with van der Waals surface area (Å²) in [5.41, 5.74) is 1.16. The number of rotatable bonds is 3. The van der Waals surface area contributed by atoms with Crippen LogP contribution in [0.1, 0.15) is 36.1 Å². The van der Waals surface area contributed by atoms with E-state index in [1.165, 1.54) is 30.7 Å². The molecule has 0 spiro atoms. The lowest BCUT2D eigenvalue weighted by molar-refractivity contribution is 0.207. The van der Waals surface area contributed by atoms with Gasteiger partial charge < -0.3 is 5.11 Å². The lowest BCUT2D eigenvalue weighted by Gasteiger charge is -2.26. The van der Waals surface area contributed by atoms with Gasteiger partial charge in [-0.2, -0.15) is 0 Å². The molecule has 1 saturated carbocycles. The Morgan fingerprint density at radius 3 is 3.11 bits per heavy atom. The lowest BCUT2D eigenvalue weighted by Crippen LogP contribution is -2.31. The first kappa shape index (κ1) is 12.2. The standard InChI is InChI=1S/C15H19NOS/c17-7-2-1-3-13-6-8-18-15(13)11-16-10-12-4-5-14(16)9-12/h6,8,12,14,17H,2,4-5,7,9-11H2. The number of hydrogen-bond donors (Lipinski definition) is 1. The molecule has 2 bridgehead atoms. The largest absolute Gasteiger partial charge is 0.395 e. The zero-order valence-electron chi connectivity index (χ0n) is 10.6. The first-order valence-electron chi connectivity index (χ1n) is 6.77. The van der Waals surface area contributed by atoms with Gasteiger partial charge >= 0.3 is 0 Å². The zero-order valence-corrected chi connectivity index (χ0v) is 11.4. The highest BCUT2D eigenvalue weighted by atomic mass is 32.1. The van der Waals surface area contributed by atoms with Crippen molar-refractivity contribution in [3.8, 4) is 11.8 Å². The van der Waals surface area contributed by atoms with E-state index < -0.39 is 0 Å². The molecule has 0 radical (unpaired) electrons. The van der Waals surface area contributed by atoms with Crippen LogP contribution < -0.4 is 0 Å². The number of thiophene rings is 1. The van der Waals surface area contributed by atoms with E-state index in [0.29, 0.717) is 6.42 Å². The summed E-state index contributed by atoms with van der Waals surface area (Å²) in [6.45, 7) is 2.51. The van der Waals surface area contributed by atoms with Crippen LogP contribution in [0.5, 0.6) is 0 Å². The Labute approximate surface area is 113 Å². The van der Waals surface area contributed by atoms with Crippen LogP contribution in [0.3, 0.4) is 0 Å². The molecule has 1 aromatic rings. The van der Waals surface area contributed by atoms with Gasteiger partial charge in [0.2, 0.25) is 0 Å². The molecule has 1 aliphatic heterocycles. The van der Waals surface area contributed by atoms with Gasteiger partial charge in [-0.1, -0.05) is 11.8 Å². The van der Waals surface area contributed by atoms with Crippen LogP contribution in [-0.4, -0.2) is 29.2 Å². The summed E-state index contributed by atoms with van der Waals surface area (Å²) in [5, 5.41) is 10.9. The third-order valence-corrected chi connectivity index (χ3v) is 4.98. The van der Waals surface area contributed by atoms with Crippen molar-refractivity contribution in [1.82, 2.24) is 4.90 Å². The average molecular weight is 261 g/mol. The van der Waals surface area contributed by atoms with Crippen molar-refractivity contribution in [2.45, 2.75) is 38.3 Å². The van der Waals surface area contributed by atoms with Gasteiger partial charge in [0.25, 0.3) is 0 Å². The molecule has 2 unspecified atom stereocenters. The van der Waals surface area contributed by atoms with E-state index in [2.05, 4.69) is 28.2 Å². The number of hydrogen-bond acceptors (Lipinski definition) is 3. The Bertz CT molecular complexity index is 470. The minimum Gasteiger partial charge on any atom is -0.395 e. The predicted molar refractivity (Wildman–Crippen MR) is 74.4 cm³/mol. The quantitative estimate of drug-likeness (QED) is 0.845. The van der Waals surface area contributed by atoms with E-state index in [9.17, 15) is 0 Å². The fourth-order valence-corrected chi connectivity index (χ4v) is 4.05. The number of aliphatic hydroxyl groups excluding tert-OH is 1. The second-order valence-electron chi connectivity index (χ2n) is 5.30. The molecule has 96 valence electrons. The van der Waals surface area contributed by atoms with Gasteiger partial charge in [-0.15, -0.1) is 11.3 Å². The fraction of sp³-hybridized carbons (Fsp3) is 0.600. The van der Waals surface area contributed by atoms with Gasteiger partial charge in [0, 0.05) is 36.0 Å². The molecule has 3 rings (SSSR count). The van der Waals surface area contributed by atoms with Gasteiger partial charge in [-0.25, -0.2) is 0 Å². The minimum absolute atomic E-state index is 0.155. The third-order valence-electron chi connectivity index (χ3n) is 4.07. The number of piperidine rings is 1. The Hall–Kier alpha value is -0.820.